The van der Waals surface area contributed by atoms with Gasteiger partial charge in [-0.05, 0) is 61.7 Å². The van der Waals surface area contributed by atoms with Gasteiger partial charge in [0.15, 0.2) is 11.6 Å². The van der Waals surface area contributed by atoms with E-state index in [0.29, 0.717) is 47.0 Å². The standard InChI is InChI=1S/C32H34FN5O3S/c1-37-12-14-38(15-13-37)11-10-35-32(40)23-5-6-26(36-20-23)30-19-27-31(42-30)29(8-9-34-27)41-28-7-4-22(18-25(28)33)17-24(39)16-21-2-3-21/h4-9,18-21H,2-3,10-17H2,1H3,(H,35,40). The van der Waals surface area contributed by atoms with Crippen molar-refractivity contribution in [3.8, 4) is 22.1 Å². The number of nitrogens with zero attached hydrogens (tertiary/aromatic N) is 4. The second-order valence-electron chi connectivity index (χ2n) is 11.2. The zero-order chi connectivity index (χ0) is 29.1. The maximum Gasteiger partial charge on any atom is 0.252 e. The number of halogens is 1. The van der Waals surface area contributed by atoms with Crippen LogP contribution in [0.1, 0.15) is 35.2 Å². The number of benzene rings is 1. The molecule has 4 aromatic rings. The highest BCUT2D eigenvalue weighted by Gasteiger charge is 2.24. The molecule has 2 aliphatic rings. The van der Waals surface area contributed by atoms with E-state index in [0.717, 1.165) is 55.1 Å². The monoisotopic (exact) mass is 587 g/mol. The molecule has 0 atom stereocenters. The highest BCUT2D eigenvalue weighted by Crippen LogP contribution is 2.39. The molecule has 218 valence electrons. The molecule has 1 amide bonds. The number of thiophene rings is 1. The Morgan fingerprint density at radius 1 is 1.05 bits per heavy atom. The lowest BCUT2D eigenvalue weighted by molar-refractivity contribution is -0.118. The molecule has 6 rings (SSSR count). The molecule has 42 heavy (non-hydrogen) atoms. The maximum absolute atomic E-state index is 14.9. The van der Waals surface area contributed by atoms with E-state index in [9.17, 15) is 14.0 Å². The second-order valence-corrected chi connectivity index (χ2v) is 12.2. The molecule has 0 spiro atoms. The molecule has 1 saturated carbocycles. The number of fused-ring (bicyclic) bond motifs is 1. The van der Waals surface area contributed by atoms with Crippen LogP contribution in [0.3, 0.4) is 0 Å². The van der Waals surface area contributed by atoms with Crippen molar-refractivity contribution in [2.24, 2.45) is 5.92 Å². The van der Waals surface area contributed by atoms with E-state index < -0.39 is 5.82 Å². The molecule has 10 heteroatoms. The average Bonchev–Trinajstić information content (AvgIpc) is 3.69. The Morgan fingerprint density at radius 2 is 1.88 bits per heavy atom. The van der Waals surface area contributed by atoms with E-state index in [1.807, 2.05) is 12.1 Å². The summed E-state index contributed by atoms with van der Waals surface area (Å²) in [6.45, 7) is 5.56. The normalized spacial score (nSPS) is 16.0. The number of carbonyl (C=O) groups excluding carboxylic acids is 2. The van der Waals surface area contributed by atoms with Crippen molar-refractivity contribution in [3.63, 3.8) is 0 Å². The van der Waals surface area contributed by atoms with Crippen molar-refractivity contribution in [1.82, 2.24) is 25.1 Å². The third-order valence-electron chi connectivity index (χ3n) is 7.79. The predicted molar refractivity (Wildman–Crippen MR) is 162 cm³/mol. The summed E-state index contributed by atoms with van der Waals surface area (Å²) in [5, 5.41) is 2.99. The molecule has 8 nitrogen and oxygen atoms in total. The first-order chi connectivity index (χ1) is 20.4. The van der Waals surface area contributed by atoms with Crippen molar-refractivity contribution in [1.29, 1.82) is 0 Å². The molecule has 1 aliphatic carbocycles. The van der Waals surface area contributed by atoms with Crippen LogP contribution in [0.2, 0.25) is 0 Å². The van der Waals surface area contributed by atoms with Gasteiger partial charge in [-0.25, -0.2) is 4.39 Å². The molecule has 0 unspecified atom stereocenters. The SMILES string of the molecule is CN1CCN(CCNC(=O)c2ccc(-c3cc4nccc(Oc5ccc(CC(=O)CC6CC6)cc5F)c4s3)nc2)CC1. The molecule has 1 saturated heterocycles. The number of ketones is 1. The molecule has 1 aliphatic heterocycles. The number of hydrogen-bond acceptors (Lipinski definition) is 8. The number of likely N-dealkylation sites (N-methyl/N-ethyl adjacent to an activating group) is 1. The summed E-state index contributed by atoms with van der Waals surface area (Å²) in [5.74, 6) is 0.603. The number of Topliss-reactive ketones (excluding diaryl/α,β-unsaturated/α-hetero) is 1. The van der Waals surface area contributed by atoms with Crippen LogP contribution in [0.5, 0.6) is 11.5 Å². The molecule has 1 N–H and O–H groups in total. The van der Waals surface area contributed by atoms with E-state index in [4.69, 9.17) is 4.74 Å². The fraction of sp³-hybridized carbons (Fsp3) is 0.375. The summed E-state index contributed by atoms with van der Waals surface area (Å²) >= 11 is 1.44. The van der Waals surface area contributed by atoms with Crippen LogP contribution in [0.4, 0.5) is 4.39 Å². The second kappa shape index (κ2) is 12.6. The van der Waals surface area contributed by atoms with Gasteiger partial charge in [0, 0.05) is 70.6 Å². The summed E-state index contributed by atoms with van der Waals surface area (Å²) in [6, 6.07) is 11.9. The van der Waals surface area contributed by atoms with Crippen LogP contribution in [-0.2, 0) is 11.2 Å². The van der Waals surface area contributed by atoms with Crippen molar-refractivity contribution in [2.45, 2.75) is 25.7 Å². The molecule has 2 fully saturated rings. The summed E-state index contributed by atoms with van der Waals surface area (Å²) in [5.41, 5.74) is 2.59. The van der Waals surface area contributed by atoms with Crippen molar-refractivity contribution < 1.29 is 18.7 Å². The fourth-order valence-electron chi connectivity index (χ4n) is 5.10. The van der Waals surface area contributed by atoms with Gasteiger partial charge in [0.2, 0.25) is 0 Å². The quantitative estimate of drug-likeness (QED) is 0.259. The zero-order valence-corrected chi connectivity index (χ0v) is 24.5. The van der Waals surface area contributed by atoms with E-state index in [1.54, 1.807) is 36.7 Å². The summed E-state index contributed by atoms with van der Waals surface area (Å²) in [4.78, 5) is 39.3. The first kappa shape index (κ1) is 28.4. The smallest absolute Gasteiger partial charge is 0.252 e. The van der Waals surface area contributed by atoms with Gasteiger partial charge in [0.05, 0.1) is 26.4 Å². The Labute approximate surface area is 248 Å². The van der Waals surface area contributed by atoms with Crippen LogP contribution >= 0.6 is 11.3 Å². The Hall–Kier alpha value is -3.73. The predicted octanol–water partition coefficient (Wildman–Crippen LogP) is 5.18. The average molecular weight is 588 g/mol. The van der Waals surface area contributed by atoms with Gasteiger partial charge in [-0.1, -0.05) is 6.07 Å². The summed E-state index contributed by atoms with van der Waals surface area (Å²) in [7, 11) is 2.13. The summed E-state index contributed by atoms with van der Waals surface area (Å²) < 4.78 is 21.7. The molecule has 0 bridgehead atoms. The van der Waals surface area contributed by atoms with Gasteiger partial charge in [0.1, 0.15) is 11.5 Å². The Bertz CT molecular complexity index is 1580. The highest BCUT2D eigenvalue weighted by atomic mass is 32.1. The largest absolute Gasteiger partial charge is 0.453 e. The first-order valence-corrected chi connectivity index (χ1v) is 15.2. The van der Waals surface area contributed by atoms with Crippen LogP contribution in [0.15, 0.2) is 54.9 Å². The molecular formula is C32H34FN5O3S. The Balaban J connectivity index is 1.09. The minimum Gasteiger partial charge on any atom is -0.453 e. The third kappa shape index (κ3) is 7.00. The summed E-state index contributed by atoms with van der Waals surface area (Å²) in [6.07, 6.45) is 6.27. The molecule has 1 aromatic carbocycles. The minimum atomic E-state index is -0.507. The van der Waals surface area contributed by atoms with Gasteiger partial charge in [-0.15, -0.1) is 11.3 Å². The van der Waals surface area contributed by atoms with Gasteiger partial charge < -0.3 is 15.0 Å². The molecule has 4 heterocycles. The van der Waals surface area contributed by atoms with Gasteiger partial charge in [-0.2, -0.15) is 0 Å². The van der Waals surface area contributed by atoms with Crippen LogP contribution < -0.4 is 10.1 Å². The van der Waals surface area contributed by atoms with Gasteiger partial charge in [0.25, 0.3) is 5.91 Å². The van der Waals surface area contributed by atoms with E-state index in [1.165, 1.54) is 17.4 Å². The third-order valence-corrected chi connectivity index (χ3v) is 8.96. The number of amides is 1. The van der Waals surface area contributed by atoms with E-state index >= 15 is 0 Å². The topological polar surface area (TPSA) is 87.7 Å². The maximum atomic E-state index is 14.9. The Morgan fingerprint density at radius 3 is 2.62 bits per heavy atom. The van der Waals surface area contributed by atoms with Crippen LogP contribution in [0.25, 0.3) is 20.8 Å². The van der Waals surface area contributed by atoms with Crippen LogP contribution in [-0.4, -0.2) is 77.8 Å². The lowest BCUT2D eigenvalue weighted by Crippen LogP contribution is -2.46. The highest BCUT2D eigenvalue weighted by molar-refractivity contribution is 7.22. The van der Waals surface area contributed by atoms with Crippen molar-refractivity contribution in [2.75, 3.05) is 46.3 Å². The molecular weight excluding hydrogens is 553 g/mol. The van der Waals surface area contributed by atoms with E-state index in [2.05, 4.69) is 32.1 Å². The Kier molecular flexibility index (Phi) is 8.55. The minimum absolute atomic E-state index is 0.0944. The fourth-order valence-corrected chi connectivity index (χ4v) is 6.14. The van der Waals surface area contributed by atoms with Crippen molar-refractivity contribution in [3.05, 3.63) is 71.8 Å². The number of aromatic nitrogens is 2. The number of ether oxygens (including phenoxy) is 1. The van der Waals surface area contributed by atoms with Gasteiger partial charge >= 0.3 is 0 Å². The number of hydrogen-bond donors (Lipinski definition) is 1. The number of carbonyl (C=O) groups is 2. The zero-order valence-electron chi connectivity index (χ0n) is 23.6. The van der Waals surface area contributed by atoms with E-state index in [-0.39, 0.29) is 23.9 Å². The van der Waals surface area contributed by atoms with Crippen LogP contribution in [0, 0.1) is 11.7 Å². The number of nitrogens with one attached hydrogen (secondary N) is 1. The van der Waals surface area contributed by atoms with Gasteiger partial charge in [-0.3, -0.25) is 24.5 Å². The molecule has 3 aromatic heterocycles. The first-order valence-electron chi connectivity index (χ1n) is 14.4. The number of rotatable bonds is 11. The number of piperazine rings is 1. The van der Waals surface area contributed by atoms with Crippen molar-refractivity contribution >= 4 is 33.2 Å². The number of pyridine rings is 2. The molecule has 0 radical (unpaired) electrons. The lowest BCUT2D eigenvalue weighted by atomic mass is 10.0. The lowest BCUT2D eigenvalue weighted by Gasteiger charge is -2.32.